The first-order valence-corrected chi connectivity index (χ1v) is 7.88. The smallest absolute Gasteiger partial charge is 0.223 e. The fourth-order valence-corrected chi connectivity index (χ4v) is 2.93. The van der Waals surface area contributed by atoms with Crippen molar-refractivity contribution in [1.29, 1.82) is 0 Å². The van der Waals surface area contributed by atoms with Crippen LogP contribution in [0.1, 0.15) is 57.2 Å². The molecule has 0 radical (unpaired) electrons. The number of nitrogens with zero attached hydrogens (tertiary/aromatic N) is 1. The molecule has 0 saturated heterocycles. The molecule has 0 bridgehead atoms. The molecule has 1 aromatic carbocycles. The summed E-state index contributed by atoms with van der Waals surface area (Å²) in [4.78, 5) is 25.8. The molecule has 1 aromatic rings. The van der Waals surface area contributed by atoms with Gasteiger partial charge in [-0.3, -0.25) is 9.59 Å². The lowest BCUT2D eigenvalue weighted by Gasteiger charge is -2.32. The third kappa shape index (κ3) is 3.75. The Bertz CT molecular complexity index is 580. The van der Waals surface area contributed by atoms with Crippen molar-refractivity contribution in [3.05, 3.63) is 41.6 Å². The average molecular weight is 300 g/mol. The Morgan fingerprint density at radius 1 is 1.32 bits per heavy atom. The Morgan fingerprint density at radius 2 is 2.05 bits per heavy atom. The third-order valence-corrected chi connectivity index (χ3v) is 3.98. The molecule has 1 heterocycles. The van der Waals surface area contributed by atoms with Crippen molar-refractivity contribution in [2.45, 2.75) is 52.1 Å². The fourth-order valence-electron chi connectivity index (χ4n) is 2.93. The van der Waals surface area contributed by atoms with Gasteiger partial charge in [0, 0.05) is 19.2 Å². The van der Waals surface area contributed by atoms with E-state index in [4.69, 9.17) is 0 Å². The first-order valence-electron chi connectivity index (χ1n) is 7.88. The molecule has 0 aliphatic carbocycles. The van der Waals surface area contributed by atoms with Gasteiger partial charge >= 0.3 is 0 Å². The summed E-state index contributed by atoms with van der Waals surface area (Å²) in [7, 11) is 0. The van der Waals surface area contributed by atoms with E-state index < -0.39 is 0 Å². The molecular formula is C18H24N2O2. The van der Waals surface area contributed by atoms with Crippen LogP contribution in [0, 0.1) is 0 Å². The summed E-state index contributed by atoms with van der Waals surface area (Å²) in [6.07, 6.45) is 5.98. The molecule has 4 nitrogen and oxygen atoms in total. The molecular weight excluding hydrogens is 276 g/mol. The van der Waals surface area contributed by atoms with Crippen LogP contribution in [-0.4, -0.2) is 22.8 Å². The van der Waals surface area contributed by atoms with Crippen molar-refractivity contribution >= 4 is 17.9 Å². The molecule has 22 heavy (non-hydrogen) atoms. The van der Waals surface area contributed by atoms with Gasteiger partial charge in [-0.1, -0.05) is 37.6 Å². The largest absolute Gasteiger partial charge is 0.354 e. The lowest BCUT2D eigenvalue weighted by molar-refractivity contribution is -0.130. The van der Waals surface area contributed by atoms with Crippen LogP contribution >= 0.6 is 0 Å². The van der Waals surface area contributed by atoms with Crippen molar-refractivity contribution < 1.29 is 9.59 Å². The quantitative estimate of drug-likeness (QED) is 0.907. The Balaban J connectivity index is 2.16. The van der Waals surface area contributed by atoms with Crippen LogP contribution in [0.3, 0.4) is 0 Å². The van der Waals surface area contributed by atoms with Gasteiger partial charge in [0.15, 0.2) is 0 Å². The van der Waals surface area contributed by atoms with Gasteiger partial charge in [0.25, 0.3) is 0 Å². The van der Waals surface area contributed by atoms with Gasteiger partial charge < -0.3 is 10.2 Å². The highest BCUT2D eigenvalue weighted by atomic mass is 16.2. The summed E-state index contributed by atoms with van der Waals surface area (Å²) < 4.78 is 0. The highest BCUT2D eigenvalue weighted by Crippen LogP contribution is 2.32. The molecule has 118 valence electrons. The molecule has 2 rings (SSSR count). The van der Waals surface area contributed by atoms with E-state index in [1.807, 2.05) is 37.3 Å². The second-order valence-corrected chi connectivity index (χ2v) is 5.85. The number of hydrogen-bond donors (Lipinski definition) is 1. The average Bonchev–Trinajstić information content (AvgIpc) is 2.47. The van der Waals surface area contributed by atoms with Crippen molar-refractivity contribution in [3.63, 3.8) is 0 Å². The molecule has 4 heteroatoms. The highest BCUT2D eigenvalue weighted by molar-refractivity contribution is 5.81. The Kier molecular flexibility index (Phi) is 5.36. The highest BCUT2D eigenvalue weighted by Gasteiger charge is 2.28. The van der Waals surface area contributed by atoms with E-state index in [1.165, 1.54) is 6.92 Å². The van der Waals surface area contributed by atoms with E-state index in [2.05, 4.69) is 12.2 Å². The lowest BCUT2D eigenvalue weighted by atomic mass is 9.93. The minimum atomic E-state index is -0.229. The molecule has 0 spiro atoms. The van der Waals surface area contributed by atoms with Crippen molar-refractivity contribution in [3.8, 4) is 0 Å². The minimum absolute atomic E-state index is 0.0118. The summed E-state index contributed by atoms with van der Waals surface area (Å²) in [5.74, 6) is -0.0625. The Labute approximate surface area is 132 Å². The van der Waals surface area contributed by atoms with Crippen molar-refractivity contribution in [1.82, 2.24) is 10.2 Å². The number of hydrogen-bond acceptors (Lipinski definition) is 2. The zero-order valence-electron chi connectivity index (χ0n) is 13.5. The second-order valence-electron chi connectivity index (χ2n) is 5.85. The maximum atomic E-state index is 12.3. The monoisotopic (exact) mass is 300 g/mol. The van der Waals surface area contributed by atoms with Crippen LogP contribution in [0.25, 0.3) is 6.08 Å². The predicted octanol–water partition coefficient (Wildman–Crippen LogP) is 3.26. The molecule has 1 aliphatic heterocycles. The molecule has 0 fully saturated rings. The third-order valence-electron chi connectivity index (χ3n) is 3.98. The molecule has 0 saturated carbocycles. The van der Waals surface area contributed by atoms with Crippen molar-refractivity contribution in [2.24, 2.45) is 0 Å². The van der Waals surface area contributed by atoms with Crippen LogP contribution in [0.4, 0.5) is 0 Å². The van der Waals surface area contributed by atoms with E-state index in [-0.39, 0.29) is 30.3 Å². The number of amides is 2. The second kappa shape index (κ2) is 7.25. The molecule has 0 aromatic heterocycles. The normalized spacial score (nSPS) is 17.8. The summed E-state index contributed by atoms with van der Waals surface area (Å²) in [5, 5.41) is 3.02. The molecule has 2 amide bonds. The van der Waals surface area contributed by atoms with E-state index in [0.29, 0.717) is 0 Å². The van der Waals surface area contributed by atoms with Gasteiger partial charge in [-0.25, -0.2) is 0 Å². The maximum absolute atomic E-state index is 12.3. The van der Waals surface area contributed by atoms with Gasteiger partial charge in [-0.15, -0.1) is 0 Å². The Morgan fingerprint density at radius 3 is 2.73 bits per heavy atom. The zero-order valence-corrected chi connectivity index (χ0v) is 13.5. The standard InChI is InChI=1S/C18H24N2O2/c1-4-7-13(2)19-18(22)12-17-16-9-6-5-8-15(16)10-11-20(17)14(3)21/h5-6,8-11,13,17H,4,7,12H2,1-3H3,(H,19,22)/t13-,17+/m0/s1. The molecule has 0 unspecified atom stereocenters. The number of benzene rings is 1. The van der Waals surface area contributed by atoms with Gasteiger partial charge in [0.1, 0.15) is 0 Å². The maximum Gasteiger partial charge on any atom is 0.223 e. The van der Waals surface area contributed by atoms with Crippen molar-refractivity contribution in [2.75, 3.05) is 0 Å². The number of carbonyl (C=O) groups is 2. The lowest BCUT2D eigenvalue weighted by Crippen LogP contribution is -2.38. The van der Waals surface area contributed by atoms with Crippen LogP contribution in [0.5, 0.6) is 0 Å². The molecule has 1 aliphatic rings. The minimum Gasteiger partial charge on any atom is -0.354 e. The first-order chi connectivity index (χ1) is 10.5. The SMILES string of the molecule is CCC[C@H](C)NC(=O)C[C@@H]1c2ccccc2C=CN1C(C)=O. The van der Waals surface area contributed by atoms with E-state index in [1.54, 1.807) is 11.1 Å². The van der Waals surface area contributed by atoms with Crippen LogP contribution in [0.15, 0.2) is 30.5 Å². The molecule has 2 atom stereocenters. The summed E-state index contributed by atoms with van der Waals surface area (Å²) >= 11 is 0. The molecule has 1 N–H and O–H groups in total. The van der Waals surface area contributed by atoms with Gasteiger partial charge in [0.2, 0.25) is 11.8 Å². The van der Waals surface area contributed by atoms with Gasteiger partial charge in [0.05, 0.1) is 12.5 Å². The topological polar surface area (TPSA) is 49.4 Å². The van der Waals surface area contributed by atoms with E-state index in [0.717, 1.165) is 24.0 Å². The van der Waals surface area contributed by atoms with E-state index >= 15 is 0 Å². The number of fused-ring (bicyclic) bond motifs is 1. The zero-order chi connectivity index (χ0) is 16.1. The van der Waals surface area contributed by atoms with Crippen LogP contribution in [0.2, 0.25) is 0 Å². The summed E-state index contributed by atoms with van der Waals surface area (Å²) in [6.45, 7) is 5.64. The summed E-state index contributed by atoms with van der Waals surface area (Å²) in [6, 6.07) is 7.84. The number of nitrogens with one attached hydrogen (secondary N) is 1. The predicted molar refractivity (Wildman–Crippen MR) is 87.9 cm³/mol. The summed E-state index contributed by atoms with van der Waals surface area (Å²) in [5.41, 5.74) is 2.10. The first kappa shape index (κ1) is 16.3. The number of rotatable bonds is 5. The van der Waals surface area contributed by atoms with Crippen LogP contribution in [-0.2, 0) is 9.59 Å². The van der Waals surface area contributed by atoms with Gasteiger partial charge in [-0.05, 0) is 30.5 Å². The van der Waals surface area contributed by atoms with E-state index in [9.17, 15) is 9.59 Å². The van der Waals surface area contributed by atoms with Gasteiger partial charge in [-0.2, -0.15) is 0 Å². The number of carbonyl (C=O) groups excluding carboxylic acids is 2. The Hall–Kier alpha value is -2.10. The van der Waals surface area contributed by atoms with Crippen LogP contribution < -0.4 is 5.32 Å². The fraction of sp³-hybridized carbons (Fsp3) is 0.444.